The quantitative estimate of drug-likeness (QED) is 0.520. The number of nitrogens with zero attached hydrogens (tertiary/aromatic N) is 1. The molecule has 2 rings (SSSR count). The number of rotatable bonds is 1. The van der Waals surface area contributed by atoms with E-state index in [0.29, 0.717) is 13.1 Å². The Bertz CT molecular complexity index is 263. The molecule has 78 valence electrons. The maximum Gasteiger partial charge on any atom is 0.311 e. The highest BCUT2D eigenvalue weighted by Gasteiger charge is 2.31. The maximum atomic E-state index is 11.5. The van der Waals surface area contributed by atoms with Crippen LogP contribution in [-0.2, 0) is 9.59 Å². The first-order chi connectivity index (χ1) is 6.66. The lowest BCUT2D eigenvalue weighted by molar-refractivity contribution is -0.145. The average molecular weight is 197 g/mol. The minimum atomic E-state index is -0.471. The largest absolute Gasteiger partial charge is 0.345 e. The van der Waals surface area contributed by atoms with E-state index in [1.165, 1.54) is 4.90 Å². The number of carbonyl (C=O) groups excluding carboxylic acids is 2. The van der Waals surface area contributed by atoms with Gasteiger partial charge in [0, 0.05) is 25.2 Å². The highest BCUT2D eigenvalue weighted by molar-refractivity contribution is 6.35. The van der Waals surface area contributed by atoms with Crippen molar-refractivity contribution in [2.75, 3.05) is 13.1 Å². The zero-order valence-corrected chi connectivity index (χ0v) is 8.03. The third-order valence-electron chi connectivity index (χ3n) is 2.62. The van der Waals surface area contributed by atoms with E-state index < -0.39 is 11.8 Å². The summed E-state index contributed by atoms with van der Waals surface area (Å²) in [5.41, 5.74) is 5.65. The van der Waals surface area contributed by atoms with E-state index >= 15 is 0 Å². The molecule has 2 fully saturated rings. The monoisotopic (exact) mass is 197 g/mol. The molecule has 0 bridgehead atoms. The van der Waals surface area contributed by atoms with Crippen LogP contribution in [0.4, 0.5) is 0 Å². The molecule has 0 aromatic rings. The fourth-order valence-corrected chi connectivity index (χ4v) is 1.59. The van der Waals surface area contributed by atoms with Gasteiger partial charge in [-0.25, -0.2) is 0 Å². The van der Waals surface area contributed by atoms with Gasteiger partial charge >= 0.3 is 11.8 Å². The Labute approximate surface area is 82.6 Å². The van der Waals surface area contributed by atoms with E-state index in [1.807, 2.05) is 0 Å². The van der Waals surface area contributed by atoms with Crippen molar-refractivity contribution in [1.82, 2.24) is 10.2 Å². The molecule has 1 heterocycles. The topological polar surface area (TPSA) is 75.4 Å². The van der Waals surface area contributed by atoms with E-state index in [1.54, 1.807) is 0 Å². The van der Waals surface area contributed by atoms with E-state index in [0.717, 1.165) is 19.3 Å². The van der Waals surface area contributed by atoms with Gasteiger partial charge in [-0.3, -0.25) is 9.59 Å². The minimum Gasteiger partial charge on any atom is -0.345 e. The third kappa shape index (κ3) is 2.04. The van der Waals surface area contributed by atoms with Crippen LogP contribution >= 0.6 is 0 Å². The van der Waals surface area contributed by atoms with Crippen LogP contribution in [0.5, 0.6) is 0 Å². The number of hydrogen-bond donors (Lipinski definition) is 2. The number of nitrogens with one attached hydrogen (secondary N) is 1. The Hall–Kier alpha value is -1.10. The van der Waals surface area contributed by atoms with E-state index in [2.05, 4.69) is 5.32 Å². The van der Waals surface area contributed by atoms with Crippen LogP contribution in [0.3, 0.4) is 0 Å². The first-order valence-corrected chi connectivity index (χ1v) is 5.02. The van der Waals surface area contributed by atoms with Gasteiger partial charge in [0.2, 0.25) is 0 Å². The van der Waals surface area contributed by atoms with Crippen molar-refractivity contribution in [3.8, 4) is 0 Å². The summed E-state index contributed by atoms with van der Waals surface area (Å²) in [7, 11) is 0. The van der Waals surface area contributed by atoms with Crippen molar-refractivity contribution < 1.29 is 9.59 Å². The molecule has 1 atom stereocenters. The molecular formula is C9H15N3O2. The summed E-state index contributed by atoms with van der Waals surface area (Å²) in [6, 6.07) is 0.274. The third-order valence-corrected chi connectivity index (χ3v) is 2.62. The normalized spacial score (nSPS) is 26.4. The summed E-state index contributed by atoms with van der Waals surface area (Å²) in [4.78, 5) is 24.4. The molecule has 0 radical (unpaired) electrons. The molecular weight excluding hydrogens is 182 g/mol. The highest BCUT2D eigenvalue weighted by Crippen LogP contribution is 2.18. The Morgan fingerprint density at radius 3 is 2.50 bits per heavy atom. The molecule has 2 aliphatic rings. The second kappa shape index (κ2) is 3.57. The van der Waals surface area contributed by atoms with Gasteiger partial charge < -0.3 is 16.0 Å². The van der Waals surface area contributed by atoms with Crippen LogP contribution in [0.2, 0.25) is 0 Å². The van der Waals surface area contributed by atoms with Gasteiger partial charge in [0.05, 0.1) is 0 Å². The Morgan fingerprint density at radius 1 is 1.29 bits per heavy atom. The molecule has 5 nitrogen and oxygen atoms in total. The Morgan fingerprint density at radius 2 is 2.00 bits per heavy atom. The van der Waals surface area contributed by atoms with Gasteiger partial charge in [-0.05, 0) is 19.3 Å². The zero-order chi connectivity index (χ0) is 10.1. The predicted molar refractivity (Wildman–Crippen MR) is 50.3 cm³/mol. The van der Waals surface area contributed by atoms with E-state index in [4.69, 9.17) is 5.73 Å². The molecule has 1 saturated heterocycles. The molecule has 1 aliphatic carbocycles. The van der Waals surface area contributed by atoms with Crippen molar-refractivity contribution in [2.24, 2.45) is 5.73 Å². The van der Waals surface area contributed by atoms with Crippen molar-refractivity contribution in [1.29, 1.82) is 0 Å². The lowest BCUT2D eigenvalue weighted by Gasteiger charge is -2.14. The molecule has 0 aromatic carbocycles. The number of amides is 2. The lowest BCUT2D eigenvalue weighted by atomic mass is 10.3. The van der Waals surface area contributed by atoms with Gasteiger partial charge in [0.25, 0.3) is 0 Å². The van der Waals surface area contributed by atoms with Crippen molar-refractivity contribution in [2.45, 2.75) is 31.3 Å². The minimum absolute atomic E-state index is 0.0349. The molecule has 14 heavy (non-hydrogen) atoms. The molecule has 0 aromatic heterocycles. The van der Waals surface area contributed by atoms with Gasteiger partial charge in [0.15, 0.2) is 0 Å². The van der Waals surface area contributed by atoms with Crippen LogP contribution in [0.15, 0.2) is 0 Å². The molecule has 0 spiro atoms. The average Bonchev–Trinajstić information content (AvgIpc) is 2.85. The van der Waals surface area contributed by atoms with E-state index in [-0.39, 0.29) is 12.1 Å². The number of nitrogens with two attached hydrogens (primary N) is 1. The fraction of sp³-hybridized carbons (Fsp3) is 0.778. The highest BCUT2D eigenvalue weighted by atomic mass is 16.2. The number of hydrogen-bond acceptors (Lipinski definition) is 3. The van der Waals surface area contributed by atoms with Crippen molar-refractivity contribution in [3.63, 3.8) is 0 Å². The van der Waals surface area contributed by atoms with Gasteiger partial charge in [-0.15, -0.1) is 0 Å². The summed E-state index contributed by atoms with van der Waals surface area (Å²) in [6.07, 6.45) is 2.79. The second-order valence-electron chi connectivity index (χ2n) is 4.05. The van der Waals surface area contributed by atoms with Crippen LogP contribution in [0, 0.1) is 0 Å². The molecule has 2 amide bonds. The molecule has 3 N–H and O–H groups in total. The molecule has 1 aliphatic heterocycles. The summed E-state index contributed by atoms with van der Waals surface area (Å²) in [6.45, 7) is 1.12. The summed E-state index contributed by atoms with van der Waals surface area (Å²) in [5.74, 6) is -0.897. The van der Waals surface area contributed by atoms with Crippen LogP contribution < -0.4 is 11.1 Å². The van der Waals surface area contributed by atoms with Gasteiger partial charge in [-0.2, -0.15) is 0 Å². The second-order valence-corrected chi connectivity index (χ2v) is 4.05. The summed E-state index contributed by atoms with van der Waals surface area (Å²) < 4.78 is 0. The Balaban J connectivity index is 1.84. The first-order valence-electron chi connectivity index (χ1n) is 5.02. The predicted octanol–water partition coefficient (Wildman–Crippen LogP) is -1.18. The molecule has 5 heteroatoms. The maximum absolute atomic E-state index is 11.5. The standard InChI is InChI=1S/C9H15N3O2/c10-6-3-4-12(5-6)9(14)8(13)11-7-1-2-7/h6-7H,1-5,10H2,(H,11,13)/t6-/m0/s1. The summed E-state index contributed by atoms with van der Waals surface area (Å²) in [5, 5.41) is 2.67. The zero-order valence-electron chi connectivity index (χ0n) is 8.03. The van der Waals surface area contributed by atoms with Gasteiger partial charge in [0.1, 0.15) is 0 Å². The van der Waals surface area contributed by atoms with Gasteiger partial charge in [-0.1, -0.05) is 0 Å². The number of carbonyl (C=O) groups is 2. The number of likely N-dealkylation sites (tertiary alicyclic amines) is 1. The fourth-order valence-electron chi connectivity index (χ4n) is 1.59. The van der Waals surface area contributed by atoms with Crippen molar-refractivity contribution in [3.05, 3.63) is 0 Å². The molecule has 0 unspecified atom stereocenters. The smallest absolute Gasteiger partial charge is 0.311 e. The first kappa shape index (κ1) is 9.45. The van der Waals surface area contributed by atoms with Crippen LogP contribution in [0.25, 0.3) is 0 Å². The van der Waals surface area contributed by atoms with Crippen LogP contribution in [-0.4, -0.2) is 41.9 Å². The summed E-state index contributed by atoms with van der Waals surface area (Å²) >= 11 is 0. The molecule has 1 saturated carbocycles. The van der Waals surface area contributed by atoms with Crippen LogP contribution in [0.1, 0.15) is 19.3 Å². The van der Waals surface area contributed by atoms with E-state index in [9.17, 15) is 9.59 Å². The SMILES string of the molecule is N[C@H]1CCN(C(=O)C(=O)NC2CC2)C1. The Kier molecular flexibility index (Phi) is 2.41. The lowest BCUT2D eigenvalue weighted by Crippen LogP contribution is -2.43. The van der Waals surface area contributed by atoms with Crippen molar-refractivity contribution >= 4 is 11.8 Å².